The quantitative estimate of drug-likeness (QED) is 0.463. The van der Waals surface area contributed by atoms with Gasteiger partial charge in [0.15, 0.2) is 0 Å². The van der Waals surface area contributed by atoms with E-state index in [1.807, 2.05) is 0 Å². The van der Waals surface area contributed by atoms with Crippen LogP contribution in [0.5, 0.6) is 0 Å². The van der Waals surface area contributed by atoms with E-state index in [2.05, 4.69) is 55.0 Å². The maximum atomic E-state index is 11.9. The molecule has 5 fully saturated rings. The third-order valence-electron chi connectivity index (χ3n) is 12.9. The van der Waals surface area contributed by atoms with Crippen LogP contribution in [0.1, 0.15) is 99.8 Å². The minimum Gasteiger partial charge on any atom is -0.393 e. The van der Waals surface area contributed by atoms with Gasteiger partial charge in [0.25, 0.3) is 0 Å². The van der Waals surface area contributed by atoms with Crippen LogP contribution in [0.4, 0.5) is 0 Å². The second-order valence-electron chi connectivity index (χ2n) is 14.8. The molecule has 0 aromatic heterocycles. The molecule has 4 saturated carbocycles. The van der Waals surface area contributed by atoms with Crippen molar-refractivity contribution < 1.29 is 20.1 Å². The number of rotatable bonds is 2. The predicted molar refractivity (Wildman–Crippen MR) is 135 cm³/mol. The van der Waals surface area contributed by atoms with Crippen LogP contribution in [-0.2, 0) is 4.74 Å². The fourth-order valence-corrected chi connectivity index (χ4v) is 11.1. The average Bonchev–Trinajstić information content (AvgIpc) is 3.30. The Morgan fingerprint density at radius 2 is 1.53 bits per heavy atom. The van der Waals surface area contributed by atoms with E-state index in [-0.39, 0.29) is 57.4 Å². The first-order valence-electron chi connectivity index (χ1n) is 14.0. The summed E-state index contributed by atoms with van der Waals surface area (Å²) in [6, 6.07) is 0. The molecule has 4 nitrogen and oxygen atoms in total. The molecule has 1 aliphatic heterocycles. The molecule has 5 aliphatic rings. The lowest BCUT2D eigenvalue weighted by Crippen LogP contribution is -2.69. The van der Waals surface area contributed by atoms with Gasteiger partial charge < -0.3 is 20.1 Å². The van der Waals surface area contributed by atoms with E-state index >= 15 is 0 Å². The summed E-state index contributed by atoms with van der Waals surface area (Å²) in [4.78, 5) is 0. The second kappa shape index (κ2) is 7.55. The van der Waals surface area contributed by atoms with Crippen LogP contribution in [0.25, 0.3) is 0 Å². The van der Waals surface area contributed by atoms with Gasteiger partial charge in [-0.2, -0.15) is 0 Å². The van der Waals surface area contributed by atoms with Gasteiger partial charge in [0, 0.05) is 0 Å². The van der Waals surface area contributed by atoms with Gasteiger partial charge in [0.05, 0.1) is 30.0 Å². The predicted octanol–water partition coefficient (Wildman–Crippen LogP) is 5.49. The first-order chi connectivity index (χ1) is 15.6. The van der Waals surface area contributed by atoms with Gasteiger partial charge in [0.1, 0.15) is 0 Å². The van der Waals surface area contributed by atoms with Gasteiger partial charge in [-0.1, -0.05) is 46.8 Å². The fourth-order valence-electron chi connectivity index (χ4n) is 11.1. The molecule has 4 heteroatoms. The highest BCUT2D eigenvalue weighted by Gasteiger charge is 2.73. The summed E-state index contributed by atoms with van der Waals surface area (Å²) in [5.41, 5.74) is 0.406. The molecule has 34 heavy (non-hydrogen) atoms. The molecule has 0 aromatic carbocycles. The van der Waals surface area contributed by atoms with E-state index in [1.165, 1.54) is 0 Å². The normalized spacial score (nSPS) is 58.6. The van der Waals surface area contributed by atoms with Crippen LogP contribution in [0.2, 0.25) is 0 Å². The minimum absolute atomic E-state index is 0.0388. The van der Waals surface area contributed by atoms with Crippen LogP contribution in [-0.4, -0.2) is 45.3 Å². The zero-order valence-corrected chi connectivity index (χ0v) is 22.7. The molecule has 3 N–H and O–H groups in total. The Kier molecular flexibility index (Phi) is 5.61. The highest BCUT2D eigenvalue weighted by atomic mass is 16.5. The van der Waals surface area contributed by atoms with Crippen LogP contribution in [0, 0.1) is 45.3 Å². The Morgan fingerprint density at radius 1 is 0.853 bits per heavy atom. The number of fused-ring (bicyclic) bond motifs is 5. The van der Waals surface area contributed by atoms with Crippen LogP contribution < -0.4 is 0 Å². The summed E-state index contributed by atoms with van der Waals surface area (Å²) >= 11 is 0. The Bertz CT molecular complexity index is 853. The van der Waals surface area contributed by atoms with Crippen LogP contribution >= 0.6 is 0 Å². The number of hydrogen-bond donors (Lipinski definition) is 3. The van der Waals surface area contributed by atoms with Gasteiger partial charge in [-0.15, -0.1) is 0 Å². The number of hydrogen-bond acceptors (Lipinski definition) is 4. The summed E-state index contributed by atoms with van der Waals surface area (Å²) in [7, 11) is 0. The zero-order chi connectivity index (χ0) is 25.1. The maximum absolute atomic E-state index is 11.9. The van der Waals surface area contributed by atoms with Crippen LogP contribution in [0.15, 0.2) is 12.2 Å². The van der Waals surface area contributed by atoms with E-state index in [4.69, 9.17) is 4.74 Å². The molecule has 194 valence electrons. The molecule has 4 aliphatic carbocycles. The topological polar surface area (TPSA) is 69.9 Å². The van der Waals surface area contributed by atoms with Gasteiger partial charge >= 0.3 is 0 Å². The van der Waals surface area contributed by atoms with Crippen molar-refractivity contribution in [2.45, 2.75) is 130 Å². The van der Waals surface area contributed by atoms with Crippen LogP contribution in [0.3, 0.4) is 0 Å². The third-order valence-corrected chi connectivity index (χ3v) is 12.9. The lowest BCUT2D eigenvalue weighted by Gasteiger charge is -2.71. The van der Waals surface area contributed by atoms with Crippen molar-refractivity contribution in [1.82, 2.24) is 0 Å². The van der Waals surface area contributed by atoms with E-state index in [0.29, 0.717) is 11.8 Å². The molecule has 5 rings (SSSR count). The molecule has 0 spiro atoms. The lowest BCUT2D eigenvalue weighted by atomic mass is 9.34. The molecule has 0 unspecified atom stereocenters. The molecule has 0 aromatic rings. The number of ether oxygens (including phenoxy) is 1. The van der Waals surface area contributed by atoms with Crippen molar-refractivity contribution in [3.8, 4) is 0 Å². The Balaban J connectivity index is 1.52. The van der Waals surface area contributed by atoms with Gasteiger partial charge in [-0.05, 0) is 111 Å². The van der Waals surface area contributed by atoms with Crippen molar-refractivity contribution in [3.63, 3.8) is 0 Å². The smallest absolute Gasteiger partial charge is 0.0788 e. The summed E-state index contributed by atoms with van der Waals surface area (Å²) < 4.78 is 6.68. The first-order valence-corrected chi connectivity index (χ1v) is 14.0. The van der Waals surface area contributed by atoms with Crippen molar-refractivity contribution in [1.29, 1.82) is 0 Å². The highest BCUT2D eigenvalue weighted by Crippen LogP contribution is 2.76. The number of aliphatic hydroxyl groups excluding tert-OH is 3. The molecule has 0 amide bonds. The van der Waals surface area contributed by atoms with E-state index in [1.54, 1.807) is 0 Å². The van der Waals surface area contributed by atoms with Crippen molar-refractivity contribution in [3.05, 3.63) is 12.2 Å². The molecule has 12 atom stereocenters. The minimum atomic E-state index is -0.422. The average molecular weight is 475 g/mol. The Hall–Kier alpha value is -0.420. The zero-order valence-electron chi connectivity index (χ0n) is 22.7. The van der Waals surface area contributed by atoms with E-state index in [9.17, 15) is 15.3 Å². The van der Waals surface area contributed by atoms with Crippen molar-refractivity contribution in [2.75, 3.05) is 0 Å². The fraction of sp³-hybridized carbons (Fsp3) is 0.933. The van der Waals surface area contributed by atoms with Gasteiger partial charge in [-0.3, -0.25) is 0 Å². The Morgan fingerprint density at radius 3 is 2.15 bits per heavy atom. The first kappa shape index (κ1) is 25.2. The summed E-state index contributed by atoms with van der Waals surface area (Å²) in [6.45, 7) is 20.1. The molecule has 0 bridgehead atoms. The summed E-state index contributed by atoms with van der Waals surface area (Å²) in [5.74, 6) is 0.924. The highest BCUT2D eigenvalue weighted by molar-refractivity contribution is 5.22. The summed E-state index contributed by atoms with van der Waals surface area (Å²) in [5, 5.41) is 34.5. The van der Waals surface area contributed by atoms with Gasteiger partial charge in [-0.25, -0.2) is 0 Å². The molecule has 0 radical (unpaired) electrons. The Labute approximate surface area is 207 Å². The molecular weight excluding hydrogens is 424 g/mol. The summed E-state index contributed by atoms with van der Waals surface area (Å²) in [6.07, 6.45) is 6.50. The van der Waals surface area contributed by atoms with E-state index in [0.717, 1.165) is 56.9 Å². The second-order valence-corrected chi connectivity index (χ2v) is 14.8. The van der Waals surface area contributed by atoms with Crippen molar-refractivity contribution in [2.24, 2.45) is 45.3 Å². The van der Waals surface area contributed by atoms with Gasteiger partial charge in [0.2, 0.25) is 0 Å². The molecular formula is C30H50O4. The maximum Gasteiger partial charge on any atom is 0.0788 e. The molecule has 1 saturated heterocycles. The number of aliphatic hydroxyl groups is 3. The molecule has 1 heterocycles. The largest absolute Gasteiger partial charge is 0.393 e. The lowest BCUT2D eigenvalue weighted by molar-refractivity contribution is -0.274. The third kappa shape index (κ3) is 3.04. The SMILES string of the molecule is C=C(C)[C@@H]1CC[C@@](C)([C@H]2CC[C@]3(C)[C@@H]2[C@H](O)C[C@@H]2[C@@]4(C)CC[C@H](O)C(C)(C)[C@@H]4[C@@H](O)C[C@]23C)O1. The standard InChI is InChI=1S/C30H50O4/c1-17(2)21-10-14-30(8,34-21)18-9-13-28(6)24(18)19(31)15-22-27(5)12-11-23(33)26(3,4)25(27)20(32)16-29(22,28)7/h18-25,31-33H,1,9-16H2,2-8H3/t18-,19+,20-,21-,22+,23-,24-,25-,27+,28+,29+,30-/m0/s1. The monoisotopic (exact) mass is 474 g/mol. The van der Waals surface area contributed by atoms with E-state index < -0.39 is 6.10 Å². The van der Waals surface area contributed by atoms with Crippen molar-refractivity contribution >= 4 is 0 Å².